The van der Waals surface area contributed by atoms with Gasteiger partial charge in [-0.1, -0.05) is 24.3 Å². The van der Waals surface area contributed by atoms with E-state index in [1.54, 1.807) is 38.3 Å². The maximum atomic E-state index is 14.8. The quantitative estimate of drug-likeness (QED) is 0.266. The van der Waals surface area contributed by atoms with Gasteiger partial charge < -0.3 is 14.2 Å². The van der Waals surface area contributed by atoms with Gasteiger partial charge >= 0.3 is 5.97 Å². The molecule has 184 valence electrons. The van der Waals surface area contributed by atoms with Gasteiger partial charge in [-0.25, -0.2) is 18.0 Å². The van der Waals surface area contributed by atoms with Gasteiger partial charge in [-0.3, -0.25) is 0 Å². The summed E-state index contributed by atoms with van der Waals surface area (Å²) >= 11 is 0. The summed E-state index contributed by atoms with van der Waals surface area (Å²) in [7, 11) is 1.65. The Kier molecular flexibility index (Phi) is 7.76. The zero-order valence-corrected chi connectivity index (χ0v) is 19.7. The van der Waals surface area contributed by atoms with Gasteiger partial charge in [-0.15, -0.1) is 0 Å². The number of hydrogen-bond acceptors (Lipinski definition) is 4. The monoisotopic (exact) mass is 484 g/mol. The predicted octanol–water partition coefficient (Wildman–Crippen LogP) is 7.06. The van der Waals surface area contributed by atoms with Crippen molar-refractivity contribution in [2.45, 2.75) is 44.6 Å². The molecule has 0 amide bonds. The van der Waals surface area contributed by atoms with Gasteiger partial charge in [0.15, 0.2) is 23.2 Å². The van der Waals surface area contributed by atoms with Crippen molar-refractivity contribution in [3.8, 4) is 22.6 Å². The molecule has 0 N–H and O–H groups in total. The van der Waals surface area contributed by atoms with E-state index in [9.17, 15) is 18.0 Å². The smallest absolute Gasteiger partial charge is 0.346 e. The molecule has 0 unspecified atom stereocenters. The molecule has 0 radical (unpaired) electrons. The Bertz CT molecular complexity index is 1190. The van der Waals surface area contributed by atoms with Crippen LogP contribution in [0, 0.1) is 17.5 Å². The van der Waals surface area contributed by atoms with E-state index < -0.39 is 29.0 Å². The highest BCUT2D eigenvalue weighted by atomic mass is 19.2. The van der Waals surface area contributed by atoms with Crippen molar-refractivity contribution in [3.05, 3.63) is 83.2 Å². The van der Waals surface area contributed by atoms with Crippen molar-refractivity contribution in [1.29, 1.82) is 0 Å². The van der Waals surface area contributed by atoms with Crippen LogP contribution in [0.1, 0.15) is 54.4 Å². The van der Waals surface area contributed by atoms with Gasteiger partial charge in [0, 0.05) is 7.11 Å². The second kappa shape index (κ2) is 11.0. The maximum Gasteiger partial charge on any atom is 0.346 e. The molecule has 0 atom stereocenters. The molecule has 0 spiro atoms. The fraction of sp³-hybridized carbons (Fsp3) is 0.321. The minimum absolute atomic E-state index is 0.110. The van der Waals surface area contributed by atoms with Crippen LogP contribution in [0.5, 0.6) is 11.5 Å². The first-order valence-corrected chi connectivity index (χ1v) is 11.7. The highest BCUT2D eigenvalue weighted by Gasteiger charge is 2.28. The Morgan fingerprint density at radius 1 is 0.886 bits per heavy atom. The van der Waals surface area contributed by atoms with E-state index in [2.05, 4.69) is 0 Å². The van der Waals surface area contributed by atoms with Crippen LogP contribution in [0.25, 0.3) is 11.1 Å². The molecule has 1 saturated carbocycles. The Labute approximate surface area is 202 Å². The van der Waals surface area contributed by atoms with Gasteiger partial charge in [-0.2, -0.15) is 0 Å². The van der Waals surface area contributed by atoms with Crippen LogP contribution >= 0.6 is 0 Å². The van der Waals surface area contributed by atoms with Crippen LogP contribution in [-0.2, 0) is 4.74 Å². The van der Waals surface area contributed by atoms with E-state index in [4.69, 9.17) is 14.2 Å². The van der Waals surface area contributed by atoms with Crippen LogP contribution < -0.4 is 9.47 Å². The molecule has 4 rings (SSSR count). The lowest BCUT2D eigenvalue weighted by Gasteiger charge is -2.28. The Morgan fingerprint density at radius 3 is 2.20 bits per heavy atom. The second-order valence-corrected chi connectivity index (χ2v) is 8.53. The largest absolute Gasteiger partial charge is 0.491 e. The van der Waals surface area contributed by atoms with E-state index >= 15 is 0 Å². The van der Waals surface area contributed by atoms with Gasteiger partial charge in [0.1, 0.15) is 5.75 Å². The molecule has 0 aliphatic heterocycles. The molecule has 7 heteroatoms. The third kappa shape index (κ3) is 5.51. The SMILES string of the molecule is CCOc1ccc(-c2ccc(OC(=O)c3ccc(C4CCC(OC)CC4)c(F)c3F)cc2)cc1F. The molecular formula is C28H27F3O4. The van der Waals surface area contributed by atoms with E-state index in [0.29, 0.717) is 30.6 Å². The molecule has 1 aliphatic carbocycles. The third-order valence-electron chi connectivity index (χ3n) is 6.41. The van der Waals surface area contributed by atoms with Crippen molar-refractivity contribution in [2.75, 3.05) is 13.7 Å². The van der Waals surface area contributed by atoms with E-state index in [-0.39, 0.29) is 29.1 Å². The van der Waals surface area contributed by atoms with Crippen molar-refractivity contribution in [3.63, 3.8) is 0 Å². The molecule has 1 aliphatic rings. The summed E-state index contributed by atoms with van der Waals surface area (Å²) in [6, 6.07) is 13.7. The molecule has 3 aromatic carbocycles. The fourth-order valence-electron chi connectivity index (χ4n) is 4.48. The van der Waals surface area contributed by atoms with Crippen LogP contribution in [-0.4, -0.2) is 25.8 Å². The lowest BCUT2D eigenvalue weighted by Crippen LogP contribution is -2.20. The van der Waals surface area contributed by atoms with Crippen LogP contribution in [0.2, 0.25) is 0 Å². The summed E-state index contributed by atoms with van der Waals surface area (Å²) in [5.41, 5.74) is 1.12. The van der Waals surface area contributed by atoms with Gasteiger partial charge in [0.25, 0.3) is 0 Å². The average molecular weight is 485 g/mol. The zero-order chi connectivity index (χ0) is 24.9. The summed E-state index contributed by atoms with van der Waals surface area (Å²) in [4.78, 5) is 12.5. The van der Waals surface area contributed by atoms with Gasteiger partial charge in [-0.05, 0) is 85.5 Å². The maximum absolute atomic E-state index is 14.8. The van der Waals surface area contributed by atoms with Crippen molar-refractivity contribution < 1.29 is 32.2 Å². The van der Waals surface area contributed by atoms with Crippen molar-refractivity contribution in [2.24, 2.45) is 0 Å². The van der Waals surface area contributed by atoms with E-state index in [1.165, 1.54) is 30.3 Å². The third-order valence-corrected chi connectivity index (χ3v) is 6.41. The van der Waals surface area contributed by atoms with Gasteiger partial charge in [0.05, 0.1) is 18.3 Å². The fourth-order valence-corrected chi connectivity index (χ4v) is 4.48. The molecule has 0 saturated heterocycles. The summed E-state index contributed by atoms with van der Waals surface area (Å²) in [5.74, 6) is -3.46. The Balaban J connectivity index is 1.45. The number of hydrogen-bond donors (Lipinski definition) is 0. The molecule has 35 heavy (non-hydrogen) atoms. The van der Waals surface area contributed by atoms with Gasteiger partial charge in [0.2, 0.25) is 0 Å². The lowest BCUT2D eigenvalue weighted by molar-refractivity contribution is 0.0654. The number of ether oxygens (including phenoxy) is 3. The number of halogens is 3. The number of benzene rings is 3. The minimum Gasteiger partial charge on any atom is -0.491 e. The summed E-state index contributed by atoms with van der Waals surface area (Å²) < 4.78 is 59.5. The Morgan fingerprint density at radius 2 is 1.57 bits per heavy atom. The number of carbonyl (C=O) groups excluding carboxylic acids is 1. The van der Waals surface area contributed by atoms with Crippen molar-refractivity contribution >= 4 is 5.97 Å². The highest BCUT2D eigenvalue weighted by Crippen LogP contribution is 2.36. The molecule has 0 aromatic heterocycles. The molecular weight excluding hydrogens is 457 g/mol. The van der Waals surface area contributed by atoms with Crippen LogP contribution in [0.3, 0.4) is 0 Å². The second-order valence-electron chi connectivity index (χ2n) is 8.53. The first kappa shape index (κ1) is 24.8. The summed E-state index contributed by atoms with van der Waals surface area (Å²) in [6.07, 6.45) is 3.11. The normalized spacial score (nSPS) is 17.7. The minimum atomic E-state index is -1.21. The number of esters is 1. The molecule has 1 fully saturated rings. The molecule has 0 heterocycles. The first-order chi connectivity index (χ1) is 16.9. The van der Waals surface area contributed by atoms with Crippen LogP contribution in [0.15, 0.2) is 54.6 Å². The van der Waals surface area contributed by atoms with Crippen LogP contribution in [0.4, 0.5) is 13.2 Å². The summed E-state index contributed by atoms with van der Waals surface area (Å²) in [6.45, 7) is 2.13. The average Bonchev–Trinajstić information content (AvgIpc) is 2.87. The standard InChI is InChI=1S/C28H27F3O4/c1-3-34-25-15-8-19(16-24(25)29)17-4-11-21(12-5-17)35-28(32)23-14-13-22(26(30)27(23)31)18-6-9-20(33-2)10-7-18/h4-5,8,11-16,18,20H,3,6-7,9-10H2,1-2H3. The number of methoxy groups -OCH3 is 1. The van der Waals surface area contributed by atoms with Crippen molar-refractivity contribution in [1.82, 2.24) is 0 Å². The van der Waals surface area contributed by atoms with E-state index in [0.717, 1.165) is 12.8 Å². The molecule has 4 nitrogen and oxygen atoms in total. The molecule has 0 bridgehead atoms. The topological polar surface area (TPSA) is 44.8 Å². The first-order valence-electron chi connectivity index (χ1n) is 11.7. The lowest BCUT2D eigenvalue weighted by atomic mass is 9.82. The summed E-state index contributed by atoms with van der Waals surface area (Å²) in [5, 5.41) is 0. The predicted molar refractivity (Wildman–Crippen MR) is 126 cm³/mol. The van der Waals surface area contributed by atoms with E-state index in [1.807, 2.05) is 0 Å². The number of carbonyl (C=O) groups is 1. The zero-order valence-electron chi connectivity index (χ0n) is 19.7. The highest BCUT2D eigenvalue weighted by molar-refractivity contribution is 5.91. The number of rotatable bonds is 7. The molecule has 3 aromatic rings. The Hall–Kier alpha value is -3.32.